The maximum atomic E-state index is 13.1. The lowest BCUT2D eigenvalue weighted by Gasteiger charge is -2.31. The van der Waals surface area contributed by atoms with Crippen molar-refractivity contribution in [2.45, 2.75) is 12.8 Å². The summed E-state index contributed by atoms with van der Waals surface area (Å²) in [5, 5.41) is 13.8. The first-order valence-electron chi connectivity index (χ1n) is 11.9. The first-order valence-corrected chi connectivity index (χ1v) is 11.9. The molecule has 0 atom stereocenters. The highest BCUT2D eigenvalue weighted by atomic mass is 16.5. The van der Waals surface area contributed by atoms with E-state index in [0.29, 0.717) is 48.5 Å². The summed E-state index contributed by atoms with van der Waals surface area (Å²) in [6.45, 7) is 4.69. The Hall–Kier alpha value is -4.80. The molecule has 0 aliphatic carbocycles. The normalized spacial score (nSPS) is 14.5. The molecule has 5 rings (SSSR count). The van der Waals surface area contributed by atoms with Crippen molar-refractivity contribution in [1.82, 2.24) is 19.7 Å². The number of aromatic nitrogens is 3. The number of hydrogen-bond donors (Lipinski definition) is 2. The fraction of sp³-hybridized carbons (Fsp3) is 0.231. The number of nitrogens with one attached hydrogen (secondary N) is 2. The van der Waals surface area contributed by atoms with Crippen LogP contribution in [0.1, 0.15) is 23.2 Å². The Morgan fingerprint density at radius 1 is 1.08 bits per heavy atom. The molecule has 2 aromatic carbocycles. The van der Waals surface area contributed by atoms with Gasteiger partial charge in [0.2, 0.25) is 5.91 Å². The van der Waals surface area contributed by atoms with Crippen molar-refractivity contribution in [3.8, 4) is 0 Å². The van der Waals surface area contributed by atoms with Crippen LogP contribution < -0.4 is 16.1 Å². The predicted octanol–water partition coefficient (Wildman–Crippen LogP) is 3.25. The molecule has 1 saturated heterocycles. The first kappa shape index (κ1) is 23.9. The van der Waals surface area contributed by atoms with Gasteiger partial charge < -0.3 is 20.1 Å². The monoisotopic (exact) mass is 498 g/mol. The third-order valence-electron chi connectivity index (χ3n) is 6.36. The number of fused-ring (bicyclic) bond motifs is 1. The van der Waals surface area contributed by atoms with E-state index >= 15 is 0 Å². The van der Waals surface area contributed by atoms with Crippen molar-refractivity contribution in [3.05, 3.63) is 72.0 Å². The van der Waals surface area contributed by atoms with Crippen LogP contribution in [0.3, 0.4) is 0 Å². The zero-order valence-electron chi connectivity index (χ0n) is 20.3. The molecule has 2 amide bonds. The summed E-state index contributed by atoms with van der Waals surface area (Å²) in [7, 11) is 1.67. The Morgan fingerprint density at radius 2 is 1.84 bits per heavy atom. The summed E-state index contributed by atoms with van der Waals surface area (Å²) in [4.78, 5) is 36.3. The molecule has 188 valence electrons. The second kappa shape index (κ2) is 10.4. The lowest BCUT2D eigenvalue weighted by molar-refractivity contribution is -0.121. The number of nitrogens with zero attached hydrogens (tertiary/aromatic N) is 6. The van der Waals surface area contributed by atoms with Crippen molar-refractivity contribution in [2.75, 3.05) is 30.8 Å². The molecule has 1 fully saturated rings. The minimum Gasteiger partial charge on any atom is -0.363 e. The quantitative estimate of drug-likeness (QED) is 0.393. The van der Waals surface area contributed by atoms with E-state index in [1.807, 2.05) is 36.4 Å². The third kappa shape index (κ3) is 4.96. The molecule has 37 heavy (non-hydrogen) atoms. The van der Waals surface area contributed by atoms with Gasteiger partial charge in [-0.1, -0.05) is 17.3 Å². The van der Waals surface area contributed by atoms with Gasteiger partial charge in [0, 0.05) is 44.0 Å². The van der Waals surface area contributed by atoms with Gasteiger partial charge in [-0.2, -0.15) is 5.10 Å². The van der Waals surface area contributed by atoms with Crippen LogP contribution >= 0.6 is 0 Å². The summed E-state index contributed by atoms with van der Waals surface area (Å²) >= 11 is 0. The first-order chi connectivity index (χ1) is 18.1. The molecular formula is C26H26N8O3. The van der Waals surface area contributed by atoms with E-state index < -0.39 is 0 Å². The lowest BCUT2D eigenvalue weighted by atomic mass is 9.95. The van der Waals surface area contributed by atoms with E-state index in [4.69, 9.17) is 9.51 Å². The molecule has 2 N–H and O–H groups in total. The number of para-hydroxylation sites is 2. The SMILES string of the molecule is C=Nn1c(=NC)c(Nc2ccc(C(=O)N3CCC(C(=O)Nc4cnoc4)CC3)cc2)nc2ccccc21. The maximum absolute atomic E-state index is 13.1. The fourth-order valence-electron chi connectivity index (χ4n) is 4.42. The summed E-state index contributed by atoms with van der Waals surface area (Å²) in [5.74, 6) is 0.218. The largest absolute Gasteiger partial charge is 0.363 e. The van der Waals surface area contributed by atoms with E-state index in [-0.39, 0.29) is 17.7 Å². The number of benzene rings is 2. The van der Waals surface area contributed by atoms with Crippen LogP contribution in [0.4, 0.5) is 17.2 Å². The Kier molecular flexibility index (Phi) is 6.75. The van der Waals surface area contributed by atoms with Crippen LogP contribution in [-0.2, 0) is 4.79 Å². The molecule has 0 saturated carbocycles. The predicted molar refractivity (Wildman–Crippen MR) is 140 cm³/mol. The van der Waals surface area contributed by atoms with Crippen LogP contribution in [0.2, 0.25) is 0 Å². The molecule has 1 aliphatic heterocycles. The molecule has 3 heterocycles. The molecule has 4 aromatic rings. The molecule has 0 spiro atoms. The van der Waals surface area contributed by atoms with Gasteiger partial charge in [-0.25, -0.2) is 9.66 Å². The molecule has 11 nitrogen and oxygen atoms in total. The van der Waals surface area contributed by atoms with Crippen LogP contribution in [0.15, 0.2) is 75.6 Å². The molecule has 2 aromatic heterocycles. The van der Waals surface area contributed by atoms with Crippen molar-refractivity contribution in [1.29, 1.82) is 0 Å². The van der Waals surface area contributed by atoms with E-state index in [0.717, 1.165) is 16.7 Å². The second-order valence-electron chi connectivity index (χ2n) is 8.62. The number of likely N-dealkylation sites (tertiary alicyclic amines) is 1. The number of anilines is 3. The zero-order valence-corrected chi connectivity index (χ0v) is 20.3. The zero-order chi connectivity index (χ0) is 25.8. The van der Waals surface area contributed by atoms with Gasteiger partial charge in [0.25, 0.3) is 5.91 Å². The highest BCUT2D eigenvalue weighted by Gasteiger charge is 2.28. The van der Waals surface area contributed by atoms with E-state index in [1.54, 1.807) is 28.8 Å². The number of piperidine rings is 1. The maximum Gasteiger partial charge on any atom is 0.253 e. The van der Waals surface area contributed by atoms with Crippen molar-refractivity contribution in [2.24, 2.45) is 16.0 Å². The van der Waals surface area contributed by atoms with Crippen molar-refractivity contribution >= 4 is 46.8 Å². The number of carbonyl (C=O) groups excluding carboxylic acids is 2. The van der Waals surface area contributed by atoms with Crippen LogP contribution in [-0.4, -0.2) is 58.4 Å². The summed E-state index contributed by atoms with van der Waals surface area (Å²) < 4.78 is 6.38. The lowest BCUT2D eigenvalue weighted by Crippen LogP contribution is -2.41. The molecular weight excluding hydrogens is 472 g/mol. The van der Waals surface area contributed by atoms with Crippen LogP contribution in [0.25, 0.3) is 11.0 Å². The second-order valence-corrected chi connectivity index (χ2v) is 8.62. The van der Waals surface area contributed by atoms with Gasteiger partial charge >= 0.3 is 0 Å². The van der Waals surface area contributed by atoms with Gasteiger partial charge in [0.15, 0.2) is 11.3 Å². The highest BCUT2D eigenvalue weighted by molar-refractivity contribution is 5.95. The topological polar surface area (TPSA) is 130 Å². The average molecular weight is 499 g/mol. The Balaban J connectivity index is 1.25. The standard InChI is InChI=1S/C26H26N8O3/c1-27-24-23(32-21-5-3-4-6-22(21)34(24)28-2)30-19-9-7-18(8-10-19)26(36)33-13-11-17(12-14-33)25(35)31-20-15-29-37-16-20/h3-10,15-17H,2,11-14H2,1H3,(H,30,32)(H,31,35). The number of amides is 2. The molecule has 0 radical (unpaired) electrons. The van der Waals surface area contributed by atoms with E-state index in [1.165, 1.54) is 12.5 Å². The fourth-order valence-corrected chi connectivity index (χ4v) is 4.42. The van der Waals surface area contributed by atoms with Crippen molar-refractivity contribution < 1.29 is 14.1 Å². The molecule has 11 heteroatoms. The molecule has 0 bridgehead atoms. The van der Waals surface area contributed by atoms with Gasteiger partial charge in [0.1, 0.15) is 12.0 Å². The minimum atomic E-state index is -0.161. The minimum absolute atomic E-state index is 0.0637. The molecule has 1 aliphatic rings. The Bertz CT molecular complexity index is 1500. The highest BCUT2D eigenvalue weighted by Crippen LogP contribution is 2.22. The third-order valence-corrected chi connectivity index (χ3v) is 6.36. The van der Waals surface area contributed by atoms with Gasteiger partial charge in [-0.15, -0.1) is 0 Å². The van der Waals surface area contributed by atoms with Gasteiger partial charge in [0.05, 0.1) is 17.2 Å². The number of rotatable bonds is 6. The summed E-state index contributed by atoms with van der Waals surface area (Å²) in [6.07, 6.45) is 4.03. The van der Waals surface area contributed by atoms with Crippen LogP contribution in [0.5, 0.6) is 0 Å². The van der Waals surface area contributed by atoms with Gasteiger partial charge in [-0.05, 0) is 49.2 Å². The summed E-state index contributed by atoms with van der Waals surface area (Å²) in [5.41, 5.74) is 3.94. The summed E-state index contributed by atoms with van der Waals surface area (Å²) in [6, 6.07) is 14.8. The Labute approximate surface area is 212 Å². The van der Waals surface area contributed by atoms with Crippen molar-refractivity contribution in [3.63, 3.8) is 0 Å². The average Bonchev–Trinajstić information content (AvgIpc) is 3.45. The van der Waals surface area contributed by atoms with Gasteiger partial charge in [-0.3, -0.25) is 14.6 Å². The number of hydrogen-bond acceptors (Lipinski definition) is 8. The number of carbonyl (C=O) groups is 2. The van der Waals surface area contributed by atoms with E-state index in [2.05, 4.69) is 32.6 Å². The molecule has 0 unspecified atom stereocenters. The smallest absolute Gasteiger partial charge is 0.253 e. The van der Waals surface area contributed by atoms with E-state index in [9.17, 15) is 9.59 Å². The van der Waals surface area contributed by atoms with Crippen LogP contribution in [0, 0.1) is 5.92 Å². The Morgan fingerprint density at radius 3 is 2.51 bits per heavy atom.